The average molecular weight is 337 g/mol. The van der Waals surface area contributed by atoms with E-state index in [1.807, 2.05) is 44.2 Å². The Balaban J connectivity index is 1.40. The molecular formula is C19H19N3OS. The Morgan fingerprint density at radius 1 is 1.17 bits per heavy atom. The molecule has 0 unspecified atom stereocenters. The third-order valence-electron chi connectivity index (χ3n) is 4.29. The number of fused-ring (bicyclic) bond motifs is 1. The van der Waals surface area contributed by atoms with Crippen LogP contribution >= 0.6 is 11.3 Å². The monoisotopic (exact) mass is 337 g/mol. The third kappa shape index (κ3) is 2.87. The van der Waals surface area contributed by atoms with Gasteiger partial charge in [-0.1, -0.05) is 29.5 Å². The van der Waals surface area contributed by atoms with Gasteiger partial charge in [0.05, 0.1) is 16.1 Å². The lowest BCUT2D eigenvalue weighted by atomic mass is 10.00. The zero-order valence-corrected chi connectivity index (χ0v) is 14.6. The Bertz CT molecular complexity index is 859. The summed E-state index contributed by atoms with van der Waals surface area (Å²) < 4.78 is 1.19. The van der Waals surface area contributed by atoms with Gasteiger partial charge in [-0.3, -0.25) is 4.79 Å². The fraction of sp³-hybridized carbons (Fsp3) is 0.263. The van der Waals surface area contributed by atoms with Crippen LogP contribution in [-0.4, -0.2) is 24.0 Å². The minimum absolute atomic E-state index is 0.0258. The summed E-state index contributed by atoms with van der Waals surface area (Å²) in [6, 6.07) is 14.3. The average Bonchev–Trinajstić information content (AvgIpc) is 2.87. The van der Waals surface area contributed by atoms with E-state index >= 15 is 0 Å². The molecule has 5 heteroatoms. The van der Waals surface area contributed by atoms with Crippen LogP contribution in [0, 0.1) is 19.8 Å². The molecule has 1 saturated heterocycles. The highest BCUT2D eigenvalue weighted by Gasteiger charge is 2.34. The maximum atomic E-state index is 12.4. The lowest BCUT2D eigenvalue weighted by Gasteiger charge is -2.37. The van der Waals surface area contributed by atoms with Crippen molar-refractivity contribution in [1.29, 1.82) is 0 Å². The first kappa shape index (κ1) is 15.1. The summed E-state index contributed by atoms with van der Waals surface area (Å²) in [5, 5.41) is 4.05. The number of hydrogen-bond donors (Lipinski definition) is 1. The molecule has 0 saturated carbocycles. The van der Waals surface area contributed by atoms with E-state index in [0.717, 1.165) is 40.6 Å². The first-order chi connectivity index (χ1) is 11.6. The molecular weight excluding hydrogens is 318 g/mol. The van der Waals surface area contributed by atoms with Gasteiger partial charge in [-0.05, 0) is 49.2 Å². The fourth-order valence-corrected chi connectivity index (χ4v) is 4.07. The summed E-state index contributed by atoms with van der Waals surface area (Å²) in [4.78, 5) is 19.2. The van der Waals surface area contributed by atoms with Crippen molar-refractivity contribution in [3.63, 3.8) is 0 Å². The van der Waals surface area contributed by atoms with Gasteiger partial charge in [-0.2, -0.15) is 0 Å². The van der Waals surface area contributed by atoms with Gasteiger partial charge in [0.1, 0.15) is 0 Å². The number of aromatic nitrogens is 1. The highest BCUT2D eigenvalue weighted by atomic mass is 32.1. The molecule has 0 bridgehead atoms. The number of aryl methyl sites for hydroxylation is 2. The lowest BCUT2D eigenvalue weighted by Crippen LogP contribution is -2.52. The Labute approximate surface area is 145 Å². The van der Waals surface area contributed by atoms with Gasteiger partial charge in [0, 0.05) is 18.8 Å². The molecule has 1 amide bonds. The van der Waals surface area contributed by atoms with Crippen LogP contribution in [0.5, 0.6) is 0 Å². The van der Waals surface area contributed by atoms with E-state index < -0.39 is 0 Å². The van der Waals surface area contributed by atoms with Gasteiger partial charge < -0.3 is 10.2 Å². The summed E-state index contributed by atoms with van der Waals surface area (Å²) in [5.41, 5.74) is 4.24. The standard InChI is InChI=1S/C19H19N3OS/c1-12-7-13(2)9-15(8-12)20-18(23)14-10-22(11-14)19-21-16-5-3-4-6-17(16)24-19/h3-9,14H,10-11H2,1-2H3,(H,20,23). The van der Waals surface area contributed by atoms with Crippen LogP contribution in [0.15, 0.2) is 42.5 Å². The van der Waals surface area contributed by atoms with Crippen molar-refractivity contribution in [2.45, 2.75) is 13.8 Å². The van der Waals surface area contributed by atoms with Crippen LogP contribution in [-0.2, 0) is 4.79 Å². The van der Waals surface area contributed by atoms with Crippen molar-refractivity contribution >= 4 is 38.3 Å². The molecule has 4 nitrogen and oxygen atoms in total. The van der Waals surface area contributed by atoms with E-state index in [4.69, 9.17) is 0 Å². The molecule has 122 valence electrons. The largest absolute Gasteiger partial charge is 0.346 e. The van der Waals surface area contributed by atoms with Gasteiger partial charge in [0.15, 0.2) is 5.13 Å². The van der Waals surface area contributed by atoms with Gasteiger partial charge in [0.2, 0.25) is 5.91 Å². The Morgan fingerprint density at radius 3 is 2.58 bits per heavy atom. The summed E-state index contributed by atoms with van der Waals surface area (Å²) in [6.07, 6.45) is 0. The summed E-state index contributed by atoms with van der Waals surface area (Å²) in [7, 11) is 0. The number of amides is 1. The molecule has 1 aliphatic rings. The number of nitrogens with one attached hydrogen (secondary N) is 1. The minimum atomic E-state index is 0.0258. The molecule has 1 fully saturated rings. The molecule has 1 aliphatic heterocycles. The number of hydrogen-bond acceptors (Lipinski definition) is 4. The molecule has 2 heterocycles. The summed E-state index contributed by atoms with van der Waals surface area (Å²) in [6.45, 7) is 5.55. The maximum Gasteiger partial charge on any atom is 0.231 e. The van der Waals surface area contributed by atoms with Crippen LogP contribution in [0.1, 0.15) is 11.1 Å². The van der Waals surface area contributed by atoms with E-state index in [1.54, 1.807) is 11.3 Å². The Morgan fingerprint density at radius 2 is 1.88 bits per heavy atom. The molecule has 24 heavy (non-hydrogen) atoms. The second-order valence-electron chi connectivity index (χ2n) is 6.43. The van der Waals surface area contributed by atoms with Crippen molar-refractivity contribution in [3.8, 4) is 0 Å². The van der Waals surface area contributed by atoms with Crippen molar-refractivity contribution in [2.24, 2.45) is 5.92 Å². The van der Waals surface area contributed by atoms with Crippen LogP contribution in [0.2, 0.25) is 0 Å². The zero-order valence-electron chi connectivity index (χ0n) is 13.7. The first-order valence-corrected chi connectivity index (χ1v) is 8.90. The van der Waals surface area contributed by atoms with E-state index in [1.165, 1.54) is 4.70 Å². The quantitative estimate of drug-likeness (QED) is 0.786. The number of carbonyl (C=O) groups is 1. The molecule has 0 spiro atoms. The highest BCUT2D eigenvalue weighted by molar-refractivity contribution is 7.22. The van der Waals surface area contributed by atoms with Crippen LogP contribution in [0.3, 0.4) is 0 Å². The minimum Gasteiger partial charge on any atom is -0.346 e. The molecule has 1 aromatic heterocycles. The van der Waals surface area contributed by atoms with E-state index in [9.17, 15) is 4.79 Å². The van der Waals surface area contributed by atoms with Gasteiger partial charge >= 0.3 is 0 Å². The van der Waals surface area contributed by atoms with Crippen molar-refractivity contribution < 1.29 is 4.79 Å². The molecule has 0 radical (unpaired) electrons. The molecule has 0 atom stereocenters. The van der Waals surface area contributed by atoms with Crippen LogP contribution in [0.4, 0.5) is 10.8 Å². The number of para-hydroxylation sites is 1. The van der Waals surface area contributed by atoms with Gasteiger partial charge in [-0.15, -0.1) is 0 Å². The van der Waals surface area contributed by atoms with E-state index in [2.05, 4.69) is 27.3 Å². The number of anilines is 2. The first-order valence-electron chi connectivity index (χ1n) is 8.08. The lowest BCUT2D eigenvalue weighted by molar-refractivity contribution is -0.120. The number of rotatable bonds is 3. The van der Waals surface area contributed by atoms with Crippen molar-refractivity contribution in [1.82, 2.24) is 4.98 Å². The van der Waals surface area contributed by atoms with E-state index in [0.29, 0.717) is 0 Å². The van der Waals surface area contributed by atoms with Gasteiger partial charge in [-0.25, -0.2) is 4.98 Å². The second-order valence-corrected chi connectivity index (χ2v) is 7.44. The number of benzene rings is 2. The third-order valence-corrected chi connectivity index (χ3v) is 5.39. The number of carbonyl (C=O) groups excluding carboxylic acids is 1. The predicted molar refractivity (Wildman–Crippen MR) is 99.9 cm³/mol. The van der Waals surface area contributed by atoms with E-state index in [-0.39, 0.29) is 11.8 Å². The Hall–Kier alpha value is -2.40. The second kappa shape index (κ2) is 5.91. The molecule has 0 aliphatic carbocycles. The molecule has 4 rings (SSSR count). The van der Waals surface area contributed by atoms with Crippen LogP contribution in [0.25, 0.3) is 10.2 Å². The topological polar surface area (TPSA) is 45.2 Å². The highest BCUT2D eigenvalue weighted by Crippen LogP contribution is 2.33. The SMILES string of the molecule is Cc1cc(C)cc(NC(=O)C2CN(c3nc4ccccc4s3)C2)c1. The predicted octanol–water partition coefficient (Wildman–Crippen LogP) is 3.99. The summed E-state index contributed by atoms with van der Waals surface area (Å²) >= 11 is 1.69. The molecule has 1 N–H and O–H groups in total. The fourth-order valence-electron chi connectivity index (χ4n) is 3.09. The maximum absolute atomic E-state index is 12.4. The van der Waals surface area contributed by atoms with Gasteiger partial charge in [0.25, 0.3) is 0 Å². The smallest absolute Gasteiger partial charge is 0.231 e. The molecule has 3 aromatic rings. The molecule has 2 aromatic carbocycles. The van der Waals surface area contributed by atoms with Crippen LogP contribution < -0.4 is 10.2 Å². The number of nitrogens with zero attached hydrogens (tertiary/aromatic N) is 2. The number of thiazole rings is 1. The summed E-state index contributed by atoms with van der Waals surface area (Å²) in [5.74, 6) is 0.121. The Kier molecular flexibility index (Phi) is 3.73. The zero-order chi connectivity index (χ0) is 16.7. The van der Waals surface area contributed by atoms with Crippen molar-refractivity contribution in [2.75, 3.05) is 23.3 Å². The van der Waals surface area contributed by atoms with Crippen molar-refractivity contribution in [3.05, 3.63) is 53.6 Å². The normalized spacial score (nSPS) is 14.7.